The quantitative estimate of drug-likeness (QED) is 0.842. The molecule has 2 rings (SSSR count). The van der Waals surface area contributed by atoms with E-state index < -0.39 is 5.97 Å². The fourth-order valence-electron chi connectivity index (χ4n) is 2.76. The molecule has 21 heavy (non-hydrogen) atoms. The molecule has 0 bridgehead atoms. The molecule has 1 aromatic rings. The number of ether oxygens (including phenoxy) is 2. The van der Waals surface area contributed by atoms with E-state index in [9.17, 15) is 4.79 Å². The first-order chi connectivity index (χ1) is 10.1. The van der Waals surface area contributed by atoms with Gasteiger partial charge in [-0.1, -0.05) is 12.1 Å². The lowest BCUT2D eigenvalue weighted by atomic mass is 9.89. The highest BCUT2D eigenvalue weighted by Gasteiger charge is 2.19. The highest BCUT2D eigenvalue weighted by atomic mass is 16.5. The average Bonchev–Trinajstić information content (AvgIpc) is 2.52. The van der Waals surface area contributed by atoms with E-state index in [0.29, 0.717) is 12.3 Å². The van der Waals surface area contributed by atoms with Gasteiger partial charge in [0.25, 0.3) is 0 Å². The molecule has 1 unspecified atom stereocenters. The van der Waals surface area contributed by atoms with Crippen LogP contribution in [0.2, 0.25) is 0 Å². The summed E-state index contributed by atoms with van der Waals surface area (Å²) in [7, 11) is 1.61. The van der Waals surface area contributed by atoms with Crippen LogP contribution in [0.5, 0.6) is 5.75 Å². The number of nitrogens with two attached hydrogens (primary N) is 1. The lowest BCUT2D eigenvalue weighted by molar-refractivity contribution is -0.137. The number of benzene rings is 1. The van der Waals surface area contributed by atoms with E-state index in [1.54, 1.807) is 7.11 Å². The Hall–Kier alpha value is -1.59. The summed E-state index contributed by atoms with van der Waals surface area (Å²) in [6.07, 6.45) is 2.49. The molecule has 0 spiro atoms. The minimum atomic E-state index is -0.829. The molecule has 1 aliphatic rings. The molecule has 1 fully saturated rings. The minimum Gasteiger partial charge on any atom is -0.496 e. The molecule has 1 aliphatic heterocycles. The predicted molar refractivity (Wildman–Crippen MR) is 79.6 cm³/mol. The zero-order chi connectivity index (χ0) is 15.2. The SMILES string of the molecule is COc1ccc(C2CCOCC2)cc1C(N)CCC(=O)O. The maximum Gasteiger partial charge on any atom is 0.303 e. The molecule has 5 heteroatoms. The molecular weight excluding hydrogens is 270 g/mol. The van der Waals surface area contributed by atoms with Crippen molar-refractivity contribution >= 4 is 5.97 Å². The van der Waals surface area contributed by atoms with E-state index >= 15 is 0 Å². The number of carboxylic acid groups (broad SMARTS) is 1. The van der Waals surface area contributed by atoms with Gasteiger partial charge in [0.2, 0.25) is 0 Å². The summed E-state index contributed by atoms with van der Waals surface area (Å²) < 4.78 is 10.8. The normalized spacial score (nSPS) is 17.4. The number of hydrogen-bond donors (Lipinski definition) is 2. The second-order valence-corrected chi connectivity index (χ2v) is 5.43. The molecule has 1 heterocycles. The van der Waals surface area contributed by atoms with Crippen LogP contribution in [0.1, 0.15) is 48.8 Å². The Morgan fingerprint density at radius 2 is 2.19 bits per heavy atom. The third-order valence-electron chi connectivity index (χ3n) is 4.02. The van der Waals surface area contributed by atoms with Crippen molar-refractivity contribution in [2.24, 2.45) is 5.73 Å². The van der Waals surface area contributed by atoms with Gasteiger partial charge in [0.05, 0.1) is 7.11 Å². The highest BCUT2D eigenvalue weighted by molar-refractivity contribution is 5.66. The van der Waals surface area contributed by atoms with Crippen LogP contribution in [0, 0.1) is 0 Å². The Balaban J connectivity index is 2.18. The van der Waals surface area contributed by atoms with Crippen molar-refractivity contribution in [3.05, 3.63) is 29.3 Å². The fourth-order valence-corrected chi connectivity index (χ4v) is 2.76. The van der Waals surface area contributed by atoms with Crippen LogP contribution < -0.4 is 10.5 Å². The van der Waals surface area contributed by atoms with Gasteiger partial charge in [0.1, 0.15) is 5.75 Å². The number of methoxy groups -OCH3 is 1. The van der Waals surface area contributed by atoms with E-state index in [2.05, 4.69) is 12.1 Å². The largest absolute Gasteiger partial charge is 0.496 e. The van der Waals surface area contributed by atoms with Gasteiger partial charge in [-0.25, -0.2) is 0 Å². The van der Waals surface area contributed by atoms with Gasteiger partial charge in [-0.2, -0.15) is 0 Å². The first-order valence-corrected chi connectivity index (χ1v) is 7.34. The predicted octanol–water partition coefficient (Wildman–Crippen LogP) is 2.45. The van der Waals surface area contributed by atoms with E-state index in [1.165, 1.54) is 5.56 Å². The second kappa shape index (κ2) is 7.43. The van der Waals surface area contributed by atoms with Gasteiger partial charge in [-0.3, -0.25) is 4.79 Å². The van der Waals surface area contributed by atoms with Crippen molar-refractivity contribution in [3.63, 3.8) is 0 Å². The van der Waals surface area contributed by atoms with Crippen LogP contribution in [-0.2, 0) is 9.53 Å². The zero-order valence-electron chi connectivity index (χ0n) is 12.4. The van der Waals surface area contributed by atoms with Crippen LogP contribution in [-0.4, -0.2) is 31.4 Å². The van der Waals surface area contributed by atoms with Crippen LogP contribution in [0.3, 0.4) is 0 Å². The topological polar surface area (TPSA) is 81.8 Å². The van der Waals surface area contributed by atoms with Crippen molar-refractivity contribution in [1.82, 2.24) is 0 Å². The van der Waals surface area contributed by atoms with Crippen molar-refractivity contribution in [3.8, 4) is 5.75 Å². The third-order valence-corrected chi connectivity index (χ3v) is 4.02. The van der Waals surface area contributed by atoms with Gasteiger partial charge < -0.3 is 20.3 Å². The van der Waals surface area contributed by atoms with Crippen molar-refractivity contribution in [1.29, 1.82) is 0 Å². The molecule has 0 amide bonds. The Labute approximate surface area is 125 Å². The molecule has 1 atom stereocenters. The maximum absolute atomic E-state index is 10.7. The van der Waals surface area contributed by atoms with Crippen LogP contribution in [0.4, 0.5) is 0 Å². The van der Waals surface area contributed by atoms with E-state index in [-0.39, 0.29) is 12.5 Å². The standard InChI is InChI=1S/C16H23NO4/c1-20-15-4-2-12(11-6-8-21-9-7-11)10-13(15)14(17)3-5-16(18)19/h2,4,10-11,14H,3,5-9,17H2,1H3,(H,18,19). The van der Waals surface area contributed by atoms with Crippen molar-refractivity contribution in [2.45, 2.75) is 37.6 Å². The molecule has 3 N–H and O–H groups in total. The van der Waals surface area contributed by atoms with Gasteiger partial charge >= 0.3 is 5.97 Å². The minimum absolute atomic E-state index is 0.0613. The molecule has 0 radical (unpaired) electrons. The molecule has 0 aliphatic carbocycles. The molecule has 1 saturated heterocycles. The van der Waals surface area contributed by atoms with Gasteiger partial charge in [0, 0.05) is 31.2 Å². The van der Waals surface area contributed by atoms with E-state index in [1.807, 2.05) is 6.07 Å². The first kappa shape index (κ1) is 15.8. The van der Waals surface area contributed by atoms with Gasteiger partial charge in [0.15, 0.2) is 0 Å². The zero-order valence-corrected chi connectivity index (χ0v) is 12.4. The number of rotatable bonds is 6. The second-order valence-electron chi connectivity index (χ2n) is 5.43. The summed E-state index contributed by atoms with van der Waals surface area (Å²) >= 11 is 0. The van der Waals surface area contributed by atoms with E-state index in [0.717, 1.165) is 37.4 Å². The van der Waals surface area contributed by atoms with Gasteiger partial charge in [-0.15, -0.1) is 0 Å². The van der Waals surface area contributed by atoms with Crippen molar-refractivity contribution in [2.75, 3.05) is 20.3 Å². The van der Waals surface area contributed by atoms with E-state index in [4.69, 9.17) is 20.3 Å². The maximum atomic E-state index is 10.7. The Morgan fingerprint density at radius 1 is 1.48 bits per heavy atom. The summed E-state index contributed by atoms with van der Waals surface area (Å²) in [5.41, 5.74) is 8.28. The first-order valence-electron chi connectivity index (χ1n) is 7.34. The van der Waals surface area contributed by atoms with Crippen LogP contribution in [0.25, 0.3) is 0 Å². The molecule has 1 aromatic carbocycles. The van der Waals surface area contributed by atoms with Crippen LogP contribution in [0.15, 0.2) is 18.2 Å². The number of hydrogen-bond acceptors (Lipinski definition) is 4. The summed E-state index contributed by atoms with van der Waals surface area (Å²) in [6, 6.07) is 5.75. The summed E-state index contributed by atoms with van der Waals surface area (Å²) in [5.74, 6) is 0.378. The van der Waals surface area contributed by atoms with Gasteiger partial charge in [-0.05, 0) is 36.8 Å². The fraction of sp³-hybridized carbons (Fsp3) is 0.562. The van der Waals surface area contributed by atoms with Crippen LogP contribution >= 0.6 is 0 Å². The van der Waals surface area contributed by atoms with Crippen molar-refractivity contribution < 1.29 is 19.4 Å². The Bertz CT molecular complexity index is 483. The highest BCUT2D eigenvalue weighted by Crippen LogP contribution is 2.33. The summed E-state index contributed by atoms with van der Waals surface area (Å²) in [6.45, 7) is 1.58. The Morgan fingerprint density at radius 3 is 2.81 bits per heavy atom. The number of carboxylic acids is 1. The molecule has 0 aromatic heterocycles. The average molecular weight is 293 g/mol. The molecule has 5 nitrogen and oxygen atoms in total. The number of carbonyl (C=O) groups is 1. The summed E-state index contributed by atoms with van der Waals surface area (Å²) in [4.78, 5) is 10.7. The molecular formula is C16H23NO4. The monoisotopic (exact) mass is 293 g/mol. The lowest BCUT2D eigenvalue weighted by Gasteiger charge is -2.24. The lowest BCUT2D eigenvalue weighted by Crippen LogP contribution is -2.16. The summed E-state index contributed by atoms with van der Waals surface area (Å²) in [5, 5.41) is 8.79. The molecule has 0 saturated carbocycles. The third kappa shape index (κ3) is 4.19. The Kier molecular flexibility index (Phi) is 5.59. The molecule has 116 valence electrons. The number of aliphatic carboxylic acids is 1. The smallest absolute Gasteiger partial charge is 0.303 e.